The van der Waals surface area contributed by atoms with Crippen LogP contribution in [0.4, 0.5) is 0 Å². The SMILES string of the molecule is COc1ccccc1C1(C(=O)N2CCC[C@H](n3cc(C)cn3)C2)CC1. The van der Waals surface area contributed by atoms with Gasteiger partial charge in [0.1, 0.15) is 5.75 Å². The van der Waals surface area contributed by atoms with Crippen molar-refractivity contribution in [2.75, 3.05) is 20.2 Å². The third-order valence-corrected chi connectivity index (χ3v) is 5.57. The molecule has 0 spiro atoms. The molecular weight excluding hydrogens is 314 g/mol. The number of piperidine rings is 1. The van der Waals surface area contributed by atoms with E-state index in [1.165, 1.54) is 0 Å². The van der Waals surface area contributed by atoms with Crippen LogP contribution >= 0.6 is 0 Å². The van der Waals surface area contributed by atoms with Gasteiger partial charge in [-0.15, -0.1) is 0 Å². The highest BCUT2D eigenvalue weighted by atomic mass is 16.5. The van der Waals surface area contributed by atoms with Crippen molar-refractivity contribution in [2.24, 2.45) is 0 Å². The minimum atomic E-state index is -0.380. The van der Waals surface area contributed by atoms with Crippen molar-refractivity contribution in [1.82, 2.24) is 14.7 Å². The van der Waals surface area contributed by atoms with Crippen LogP contribution in [0.1, 0.15) is 42.9 Å². The van der Waals surface area contributed by atoms with Gasteiger partial charge in [0, 0.05) is 24.8 Å². The molecule has 1 amide bonds. The molecule has 1 aliphatic carbocycles. The number of hydrogen-bond donors (Lipinski definition) is 0. The summed E-state index contributed by atoms with van der Waals surface area (Å²) in [6, 6.07) is 8.23. The normalized spacial score (nSPS) is 21.8. The molecule has 0 N–H and O–H groups in total. The highest BCUT2D eigenvalue weighted by molar-refractivity contribution is 5.92. The van der Waals surface area contributed by atoms with Crippen molar-refractivity contribution >= 4 is 5.91 Å². The Hall–Kier alpha value is -2.30. The van der Waals surface area contributed by atoms with E-state index in [0.29, 0.717) is 0 Å². The van der Waals surface area contributed by atoms with Gasteiger partial charge in [-0.25, -0.2) is 0 Å². The summed E-state index contributed by atoms with van der Waals surface area (Å²) in [6.07, 6.45) is 7.89. The number of carbonyl (C=O) groups is 1. The fourth-order valence-corrected chi connectivity index (χ4v) is 4.05. The fourth-order valence-electron chi connectivity index (χ4n) is 4.05. The first-order chi connectivity index (χ1) is 12.1. The van der Waals surface area contributed by atoms with Crippen molar-refractivity contribution in [1.29, 1.82) is 0 Å². The maximum Gasteiger partial charge on any atom is 0.233 e. The van der Waals surface area contributed by atoms with E-state index in [1.807, 2.05) is 40.0 Å². The number of aromatic nitrogens is 2. The average Bonchev–Trinajstić information content (AvgIpc) is 3.35. The Kier molecular flexibility index (Phi) is 4.02. The molecule has 25 heavy (non-hydrogen) atoms. The predicted molar refractivity (Wildman–Crippen MR) is 95.7 cm³/mol. The van der Waals surface area contributed by atoms with Crippen LogP contribution in [0.15, 0.2) is 36.7 Å². The lowest BCUT2D eigenvalue weighted by molar-refractivity contribution is -0.135. The van der Waals surface area contributed by atoms with Gasteiger partial charge in [-0.1, -0.05) is 18.2 Å². The van der Waals surface area contributed by atoms with E-state index in [-0.39, 0.29) is 17.4 Å². The standard InChI is InChI=1S/C20H25N3O2/c1-15-12-21-23(13-15)16-6-5-11-22(14-16)19(24)20(9-10-20)17-7-3-4-8-18(17)25-2/h3-4,7-8,12-13,16H,5-6,9-11,14H2,1-2H3/t16-/m0/s1. The van der Waals surface area contributed by atoms with Gasteiger partial charge >= 0.3 is 0 Å². The third-order valence-electron chi connectivity index (χ3n) is 5.57. The molecule has 5 heteroatoms. The first-order valence-corrected chi connectivity index (χ1v) is 9.08. The molecule has 5 nitrogen and oxygen atoms in total. The van der Waals surface area contributed by atoms with Gasteiger partial charge in [0.05, 0.1) is 24.8 Å². The van der Waals surface area contributed by atoms with Gasteiger partial charge in [0.25, 0.3) is 0 Å². The molecule has 1 aliphatic heterocycles. The molecule has 1 saturated heterocycles. The topological polar surface area (TPSA) is 47.4 Å². The summed E-state index contributed by atoms with van der Waals surface area (Å²) in [4.78, 5) is 15.4. The van der Waals surface area contributed by atoms with Crippen molar-refractivity contribution in [3.05, 3.63) is 47.8 Å². The van der Waals surface area contributed by atoms with Crippen LogP contribution in [0, 0.1) is 6.92 Å². The molecule has 0 radical (unpaired) electrons. The van der Waals surface area contributed by atoms with Crippen molar-refractivity contribution in [3.63, 3.8) is 0 Å². The predicted octanol–water partition coefficient (Wildman–Crippen LogP) is 3.10. The van der Waals surface area contributed by atoms with Gasteiger partial charge in [0.2, 0.25) is 5.91 Å². The average molecular weight is 339 g/mol. The van der Waals surface area contributed by atoms with Gasteiger partial charge in [-0.3, -0.25) is 9.48 Å². The zero-order chi connectivity index (χ0) is 17.4. The molecule has 1 aromatic carbocycles. The molecule has 2 aliphatic rings. The lowest BCUT2D eigenvalue weighted by atomic mass is 9.92. The van der Waals surface area contributed by atoms with E-state index in [9.17, 15) is 4.79 Å². The lowest BCUT2D eigenvalue weighted by Crippen LogP contribution is -2.45. The van der Waals surface area contributed by atoms with Crippen LogP contribution < -0.4 is 4.74 Å². The number of likely N-dealkylation sites (tertiary alicyclic amines) is 1. The second-order valence-electron chi connectivity index (χ2n) is 7.33. The molecule has 132 valence electrons. The van der Waals surface area contributed by atoms with Gasteiger partial charge in [0.15, 0.2) is 0 Å². The molecule has 1 atom stereocenters. The van der Waals surface area contributed by atoms with Crippen LogP contribution in [-0.4, -0.2) is 40.8 Å². The monoisotopic (exact) mass is 339 g/mol. The zero-order valence-electron chi connectivity index (χ0n) is 14.9. The van der Waals surface area contributed by atoms with Crippen LogP contribution in [0.5, 0.6) is 5.75 Å². The summed E-state index contributed by atoms with van der Waals surface area (Å²) >= 11 is 0. The third kappa shape index (κ3) is 2.81. The molecular formula is C20H25N3O2. The summed E-state index contributed by atoms with van der Waals surface area (Å²) in [5, 5.41) is 4.46. The second-order valence-corrected chi connectivity index (χ2v) is 7.33. The van der Waals surface area contributed by atoms with Crippen LogP contribution in [0.2, 0.25) is 0 Å². The van der Waals surface area contributed by atoms with Gasteiger partial charge in [-0.05, 0) is 44.2 Å². The molecule has 2 heterocycles. The maximum absolute atomic E-state index is 13.4. The maximum atomic E-state index is 13.4. The summed E-state index contributed by atoms with van der Waals surface area (Å²) in [5.74, 6) is 1.08. The second kappa shape index (κ2) is 6.21. The lowest BCUT2D eigenvalue weighted by Gasteiger charge is -2.35. The molecule has 2 fully saturated rings. The molecule has 0 bridgehead atoms. The Morgan fingerprint density at radius 1 is 1.32 bits per heavy atom. The molecule has 1 aromatic heterocycles. The summed E-state index contributed by atoms with van der Waals surface area (Å²) in [5.41, 5.74) is 1.82. The number of para-hydroxylation sites is 1. The number of methoxy groups -OCH3 is 1. The van der Waals surface area contributed by atoms with Crippen molar-refractivity contribution in [3.8, 4) is 5.75 Å². The van der Waals surface area contributed by atoms with E-state index in [2.05, 4.69) is 18.2 Å². The first-order valence-electron chi connectivity index (χ1n) is 9.08. The molecule has 1 saturated carbocycles. The largest absolute Gasteiger partial charge is 0.496 e. The molecule has 2 aromatic rings. The van der Waals surface area contributed by atoms with Crippen molar-refractivity contribution < 1.29 is 9.53 Å². The van der Waals surface area contributed by atoms with Crippen LogP contribution in [0.3, 0.4) is 0 Å². The van der Waals surface area contributed by atoms with Crippen LogP contribution in [-0.2, 0) is 10.2 Å². The number of nitrogens with zero attached hydrogens (tertiary/aromatic N) is 3. The van der Waals surface area contributed by atoms with Crippen LogP contribution in [0.25, 0.3) is 0 Å². The Balaban J connectivity index is 1.56. The van der Waals surface area contributed by atoms with E-state index in [4.69, 9.17) is 4.74 Å². The Morgan fingerprint density at radius 3 is 2.80 bits per heavy atom. The summed E-state index contributed by atoms with van der Waals surface area (Å²) in [7, 11) is 1.68. The fraction of sp³-hybridized carbons (Fsp3) is 0.500. The Bertz CT molecular complexity index is 779. The number of carbonyl (C=O) groups excluding carboxylic acids is 1. The van der Waals surface area contributed by atoms with Gasteiger partial charge in [-0.2, -0.15) is 5.10 Å². The van der Waals surface area contributed by atoms with E-state index >= 15 is 0 Å². The zero-order valence-corrected chi connectivity index (χ0v) is 14.9. The number of rotatable bonds is 4. The number of ether oxygens (including phenoxy) is 1. The summed E-state index contributed by atoms with van der Waals surface area (Å²) < 4.78 is 7.54. The quantitative estimate of drug-likeness (QED) is 0.860. The molecule has 4 rings (SSSR count). The first kappa shape index (κ1) is 16.2. The number of aryl methyl sites for hydroxylation is 1. The highest BCUT2D eigenvalue weighted by Crippen LogP contribution is 2.52. The smallest absolute Gasteiger partial charge is 0.233 e. The minimum absolute atomic E-state index is 0.255. The Labute approximate surface area is 148 Å². The van der Waals surface area contributed by atoms with E-state index < -0.39 is 0 Å². The number of benzene rings is 1. The summed E-state index contributed by atoms with van der Waals surface area (Å²) in [6.45, 7) is 3.64. The van der Waals surface area contributed by atoms with Crippen molar-refractivity contribution in [2.45, 2.75) is 44.1 Å². The minimum Gasteiger partial charge on any atom is -0.496 e. The highest BCUT2D eigenvalue weighted by Gasteiger charge is 2.54. The number of hydrogen-bond acceptors (Lipinski definition) is 3. The Morgan fingerprint density at radius 2 is 2.12 bits per heavy atom. The molecule has 0 unspecified atom stereocenters. The van der Waals surface area contributed by atoms with Gasteiger partial charge < -0.3 is 9.64 Å². The number of amides is 1. The van der Waals surface area contributed by atoms with E-state index in [1.54, 1.807) is 7.11 Å². The van der Waals surface area contributed by atoms with E-state index in [0.717, 1.165) is 55.6 Å².